The van der Waals surface area contributed by atoms with Crippen molar-refractivity contribution in [2.45, 2.75) is 13.5 Å². The number of hydrogen-bond donors (Lipinski definition) is 2. The summed E-state index contributed by atoms with van der Waals surface area (Å²) in [4.78, 5) is 11.0. The van der Waals surface area contributed by atoms with Gasteiger partial charge in [0.15, 0.2) is 3.77 Å². The molecule has 0 aliphatic carbocycles. The third-order valence-electron chi connectivity index (χ3n) is 2.28. The van der Waals surface area contributed by atoms with Crippen LogP contribution in [0.2, 0.25) is 0 Å². The molecule has 0 fully saturated rings. The number of carbonyl (C=O) groups is 1. The molecule has 1 heterocycles. The highest BCUT2D eigenvalue weighted by molar-refractivity contribution is 14.1. The van der Waals surface area contributed by atoms with E-state index in [2.05, 4.69) is 33.2 Å². The molecule has 0 aliphatic rings. The molecule has 0 saturated carbocycles. The maximum Gasteiger partial charge on any atom is 0.221 e. The van der Waals surface area contributed by atoms with Crippen LogP contribution >= 0.6 is 22.6 Å². The van der Waals surface area contributed by atoms with Gasteiger partial charge in [0.1, 0.15) is 5.76 Å². The molecule has 5 heteroatoms. The molecule has 1 aromatic heterocycles. The van der Waals surface area contributed by atoms with Gasteiger partial charge >= 0.3 is 0 Å². The Balaban J connectivity index is 1.98. The Morgan fingerprint density at radius 1 is 1.28 bits per heavy atom. The predicted molar refractivity (Wildman–Crippen MR) is 79.5 cm³/mol. The Hall–Kier alpha value is -1.50. The van der Waals surface area contributed by atoms with Crippen molar-refractivity contribution in [3.63, 3.8) is 0 Å². The van der Waals surface area contributed by atoms with Gasteiger partial charge in [-0.2, -0.15) is 0 Å². The lowest BCUT2D eigenvalue weighted by molar-refractivity contribution is -0.114. The highest BCUT2D eigenvalue weighted by Gasteiger charge is 2.01. The first-order valence-corrected chi connectivity index (χ1v) is 6.57. The van der Waals surface area contributed by atoms with E-state index in [0.717, 1.165) is 20.9 Å². The Morgan fingerprint density at radius 3 is 2.72 bits per heavy atom. The first kappa shape index (κ1) is 12.9. The topological polar surface area (TPSA) is 54.3 Å². The fraction of sp³-hybridized carbons (Fsp3) is 0.154. The molecule has 94 valence electrons. The molecule has 0 aliphatic heterocycles. The van der Waals surface area contributed by atoms with E-state index in [1.165, 1.54) is 6.92 Å². The summed E-state index contributed by atoms with van der Waals surface area (Å²) in [6.07, 6.45) is 0. The molecule has 1 aromatic carbocycles. The SMILES string of the molecule is CC(=O)Nc1cccc(NCc2ccc(I)o2)c1. The number of halogens is 1. The monoisotopic (exact) mass is 356 g/mol. The molecule has 0 atom stereocenters. The average molecular weight is 356 g/mol. The standard InChI is InChI=1S/C13H13IN2O2/c1-9(17)16-11-4-2-3-10(7-11)15-8-12-5-6-13(14)18-12/h2-7,15H,8H2,1H3,(H,16,17). The minimum atomic E-state index is -0.0762. The molecule has 0 saturated heterocycles. The van der Waals surface area contributed by atoms with Crippen LogP contribution in [0, 0.1) is 3.77 Å². The predicted octanol–water partition coefficient (Wildman–Crippen LogP) is 3.45. The van der Waals surface area contributed by atoms with Crippen LogP contribution in [0.5, 0.6) is 0 Å². The number of nitrogens with one attached hydrogen (secondary N) is 2. The maximum absolute atomic E-state index is 11.0. The summed E-state index contributed by atoms with van der Waals surface area (Å²) < 4.78 is 6.33. The fourth-order valence-electron chi connectivity index (χ4n) is 1.55. The molecule has 2 rings (SSSR count). The zero-order valence-corrected chi connectivity index (χ0v) is 12.0. The van der Waals surface area contributed by atoms with Crippen molar-refractivity contribution in [1.29, 1.82) is 0 Å². The van der Waals surface area contributed by atoms with E-state index >= 15 is 0 Å². The number of furan rings is 1. The number of anilines is 2. The van der Waals surface area contributed by atoms with Crippen LogP contribution < -0.4 is 10.6 Å². The Morgan fingerprint density at radius 2 is 2.06 bits per heavy atom. The lowest BCUT2D eigenvalue weighted by Crippen LogP contribution is -2.06. The number of benzene rings is 1. The number of carbonyl (C=O) groups excluding carboxylic acids is 1. The molecular weight excluding hydrogens is 343 g/mol. The highest BCUT2D eigenvalue weighted by Crippen LogP contribution is 2.17. The molecule has 0 spiro atoms. The largest absolute Gasteiger partial charge is 0.454 e. The van der Waals surface area contributed by atoms with E-state index in [1.807, 2.05) is 36.4 Å². The minimum absolute atomic E-state index is 0.0762. The lowest BCUT2D eigenvalue weighted by Gasteiger charge is -2.07. The summed E-state index contributed by atoms with van der Waals surface area (Å²) in [5, 5.41) is 5.98. The summed E-state index contributed by atoms with van der Waals surface area (Å²) in [5.41, 5.74) is 1.72. The van der Waals surface area contributed by atoms with E-state index in [-0.39, 0.29) is 5.91 Å². The number of rotatable bonds is 4. The normalized spacial score (nSPS) is 10.1. The highest BCUT2D eigenvalue weighted by atomic mass is 127. The van der Waals surface area contributed by atoms with Gasteiger partial charge in [-0.3, -0.25) is 4.79 Å². The first-order chi connectivity index (χ1) is 8.63. The van der Waals surface area contributed by atoms with Gasteiger partial charge in [-0.1, -0.05) is 6.07 Å². The van der Waals surface area contributed by atoms with E-state index in [0.29, 0.717) is 6.54 Å². The Kier molecular flexibility index (Phi) is 4.24. The Labute approximate surface area is 119 Å². The fourth-order valence-corrected chi connectivity index (χ4v) is 2.01. The van der Waals surface area contributed by atoms with Crippen molar-refractivity contribution in [3.05, 3.63) is 45.9 Å². The van der Waals surface area contributed by atoms with Gasteiger partial charge in [-0.15, -0.1) is 0 Å². The second-order valence-electron chi connectivity index (χ2n) is 3.82. The second kappa shape index (κ2) is 5.90. The van der Waals surface area contributed by atoms with Gasteiger partial charge in [0.2, 0.25) is 5.91 Å². The van der Waals surface area contributed by atoms with Crippen molar-refractivity contribution < 1.29 is 9.21 Å². The lowest BCUT2D eigenvalue weighted by atomic mass is 10.2. The van der Waals surface area contributed by atoms with Crippen molar-refractivity contribution in [1.82, 2.24) is 0 Å². The van der Waals surface area contributed by atoms with E-state index in [1.54, 1.807) is 0 Å². The van der Waals surface area contributed by atoms with Crippen LogP contribution in [0.15, 0.2) is 40.8 Å². The van der Waals surface area contributed by atoms with E-state index in [9.17, 15) is 4.79 Å². The van der Waals surface area contributed by atoms with Crippen molar-refractivity contribution in [2.75, 3.05) is 10.6 Å². The van der Waals surface area contributed by atoms with Crippen LogP contribution in [-0.2, 0) is 11.3 Å². The molecule has 2 N–H and O–H groups in total. The third-order valence-corrected chi connectivity index (χ3v) is 2.86. The number of hydrogen-bond acceptors (Lipinski definition) is 3. The number of amides is 1. The minimum Gasteiger partial charge on any atom is -0.454 e. The van der Waals surface area contributed by atoms with Crippen LogP contribution in [0.1, 0.15) is 12.7 Å². The van der Waals surface area contributed by atoms with Gasteiger partial charge in [0, 0.05) is 18.3 Å². The van der Waals surface area contributed by atoms with Gasteiger partial charge < -0.3 is 15.1 Å². The van der Waals surface area contributed by atoms with Gasteiger partial charge in [-0.25, -0.2) is 0 Å². The van der Waals surface area contributed by atoms with Crippen LogP contribution in [0.4, 0.5) is 11.4 Å². The van der Waals surface area contributed by atoms with Crippen LogP contribution in [-0.4, -0.2) is 5.91 Å². The molecule has 0 unspecified atom stereocenters. The molecular formula is C13H13IN2O2. The van der Waals surface area contributed by atoms with Gasteiger partial charge in [0.05, 0.1) is 6.54 Å². The molecule has 4 nitrogen and oxygen atoms in total. The second-order valence-corrected chi connectivity index (χ2v) is 4.88. The maximum atomic E-state index is 11.0. The summed E-state index contributed by atoms with van der Waals surface area (Å²) in [7, 11) is 0. The average Bonchev–Trinajstić information content (AvgIpc) is 2.72. The zero-order chi connectivity index (χ0) is 13.0. The van der Waals surface area contributed by atoms with Gasteiger partial charge in [0.25, 0.3) is 0 Å². The summed E-state index contributed by atoms with van der Waals surface area (Å²) >= 11 is 2.13. The summed E-state index contributed by atoms with van der Waals surface area (Å²) in [6.45, 7) is 2.11. The molecule has 0 radical (unpaired) electrons. The van der Waals surface area contributed by atoms with Crippen molar-refractivity contribution >= 4 is 39.9 Å². The molecule has 0 bridgehead atoms. The van der Waals surface area contributed by atoms with Crippen LogP contribution in [0.25, 0.3) is 0 Å². The Bertz CT molecular complexity index is 551. The quantitative estimate of drug-likeness (QED) is 0.825. The van der Waals surface area contributed by atoms with E-state index in [4.69, 9.17) is 4.42 Å². The molecule has 1 amide bonds. The zero-order valence-electron chi connectivity index (χ0n) is 9.87. The third kappa shape index (κ3) is 3.76. The molecule has 18 heavy (non-hydrogen) atoms. The summed E-state index contributed by atoms with van der Waals surface area (Å²) in [6, 6.07) is 11.4. The first-order valence-electron chi connectivity index (χ1n) is 5.49. The van der Waals surface area contributed by atoms with E-state index < -0.39 is 0 Å². The summed E-state index contributed by atoms with van der Waals surface area (Å²) in [5.74, 6) is 0.803. The van der Waals surface area contributed by atoms with Crippen molar-refractivity contribution in [2.24, 2.45) is 0 Å². The van der Waals surface area contributed by atoms with Crippen molar-refractivity contribution in [3.8, 4) is 0 Å². The smallest absolute Gasteiger partial charge is 0.221 e. The van der Waals surface area contributed by atoms with Crippen LogP contribution in [0.3, 0.4) is 0 Å². The van der Waals surface area contributed by atoms with Gasteiger partial charge in [-0.05, 0) is 52.9 Å². The molecule has 2 aromatic rings.